The monoisotopic (exact) mass is 291 g/mol. The summed E-state index contributed by atoms with van der Waals surface area (Å²) in [5, 5.41) is 14.3. The second kappa shape index (κ2) is 5.95. The van der Waals surface area contributed by atoms with Gasteiger partial charge in [0.1, 0.15) is 4.47 Å². The number of aromatic nitrogens is 2. The zero-order valence-corrected chi connectivity index (χ0v) is 10.8. The number of rotatable bonds is 6. The third-order valence-electron chi connectivity index (χ3n) is 1.79. The summed E-state index contributed by atoms with van der Waals surface area (Å²) in [5.74, 6) is 0.322. The van der Waals surface area contributed by atoms with Gasteiger partial charge < -0.3 is 14.9 Å². The molecule has 7 heteroatoms. The number of hydrogen-bond acceptors (Lipinski definition) is 4. The van der Waals surface area contributed by atoms with Crippen molar-refractivity contribution in [3.63, 3.8) is 0 Å². The molecule has 90 valence electrons. The SMILES string of the molecule is CC(C)COCCn1cc(Br)c([N+](=O)[O-])n1. The van der Waals surface area contributed by atoms with Crippen molar-refractivity contribution in [3.05, 3.63) is 20.8 Å². The molecule has 1 heterocycles. The Balaban J connectivity index is 2.43. The summed E-state index contributed by atoms with van der Waals surface area (Å²) in [6.07, 6.45) is 1.58. The van der Waals surface area contributed by atoms with Crippen LogP contribution in [0.3, 0.4) is 0 Å². The fraction of sp³-hybridized carbons (Fsp3) is 0.667. The smallest absolute Gasteiger partial charge is 0.379 e. The molecular weight excluding hydrogens is 278 g/mol. The van der Waals surface area contributed by atoms with Crippen LogP contribution in [-0.2, 0) is 11.3 Å². The van der Waals surface area contributed by atoms with Gasteiger partial charge in [0.15, 0.2) is 0 Å². The van der Waals surface area contributed by atoms with E-state index in [1.165, 1.54) is 4.68 Å². The molecule has 0 saturated heterocycles. The maximum Gasteiger partial charge on any atom is 0.404 e. The highest BCUT2D eigenvalue weighted by Crippen LogP contribution is 2.21. The van der Waals surface area contributed by atoms with E-state index in [4.69, 9.17) is 4.74 Å². The van der Waals surface area contributed by atoms with Gasteiger partial charge in [0.05, 0.1) is 24.4 Å². The van der Waals surface area contributed by atoms with Crippen molar-refractivity contribution in [2.45, 2.75) is 20.4 Å². The van der Waals surface area contributed by atoms with Gasteiger partial charge in [-0.25, -0.2) is 0 Å². The van der Waals surface area contributed by atoms with E-state index in [0.29, 0.717) is 30.1 Å². The van der Waals surface area contributed by atoms with E-state index in [1.54, 1.807) is 6.20 Å². The lowest BCUT2D eigenvalue weighted by Crippen LogP contribution is -2.10. The summed E-state index contributed by atoms with van der Waals surface area (Å²) in [5.41, 5.74) is 0. The summed E-state index contributed by atoms with van der Waals surface area (Å²) >= 11 is 3.08. The van der Waals surface area contributed by atoms with Crippen LogP contribution in [0.4, 0.5) is 5.82 Å². The summed E-state index contributed by atoms with van der Waals surface area (Å²) in [6, 6.07) is 0. The van der Waals surface area contributed by atoms with Crippen LogP contribution >= 0.6 is 15.9 Å². The third-order valence-corrected chi connectivity index (χ3v) is 2.35. The maximum atomic E-state index is 10.5. The predicted molar refractivity (Wildman–Crippen MR) is 62.2 cm³/mol. The zero-order valence-electron chi connectivity index (χ0n) is 9.22. The number of nitro groups is 1. The van der Waals surface area contributed by atoms with Crippen molar-refractivity contribution in [1.29, 1.82) is 0 Å². The van der Waals surface area contributed by atoms with Gasteiger partial charge in [0.25, 0.3) is 0 Å². The van der Waals surface area contributed by atoms with E-state index in [0.717, 1.165) is 0 Å². The highest BCUT2D eigenvalue weighted by atomic mass is 79.9. The van der Waals surface area contributed by atoms with Crippen LogP contribution < -0.4 is 0 Å². The van der Waals surface area contributed by atoms with Crippen molar-refractivity contribution >= 4 is 21.7 Å². The Hall–Kier alpha value is -0.950. The average Bonchev–Trinajstić information content (AvgIpc) is 2.54. The highest BCUT2D eigenvalue weighted by molar-refractivity contribution is 9.10. The van der Waals surface area contributed by atoms with Crippen LogP contribution in [0.15, 0.2) is 10.7 Å². The molecular formula is C9H14BrN3O3. The molecule has 0 spiro atoms. The van der Waals surface area contributed by atoms with E-state index in [-0.39, 0.29) is 5.82 Å². The number of halogens is 1. The van der Waals surface area contributed by atoms with Crippen molar-refractivity contribution in [3.8, 4) is 0 Å². The standard InChI is InChI=1S/C9H14BrN3O3/c1-7(2)6-16-4-3-12-5-8(10)9(11-12)13(14)15/h5,7H,3-4,6H2,1-2H3. The van der Waals surface area contributed by atoms with Crippen LogP contribution in [-0.4, -0.2) is 27.9 Å². The molecule has 0 aromatic carbocycles. The van der Waals surface area contributed by atoms with Crippen LogP contribution in [0.25, 0.3) is 0 Å². The second-order valence-electron chi connectivity index (χ2n) is 3.79. The summed E-state index contributed by atoms with van der Waals surface area (Å²) in [6.45, 7) is 5.83. The fourth-order valence-corrected chi connectivity index (χ4v) is 1.56. The van der Waals surface area contributed by atoms with Gasteiger partial charge in [-0.15, -0.1) is 0 Å². The molecule has 0 unspecified atom stereocenters. The first kappa shape index (κ1) is 13.1. The first-order valence-corrected chi connectivity index (χ1v) is 5.75. The molecule has 16 heavy (non-hydrogen) atoms. The van der Waals surface area contributed by atoms with Crippen LogP contribution in [0, 0.1) is 16.0 Å². The predicted octanol–water partition coefficient (Wildman–Crippen LogP) is 2.23. The molecule has 1 aromatic heterocycles. The Labute approximate surface area is 102 Å². The molecule has 0 aliphatic carbocycles. The summed E-state index contributed by atoms with van der Waals surface area (Å²) in [4.78, 5) is 10.0. The van der Waals surface area contributed by atoms with Crippen molar-refractivity contribution in [2.75, 3.05) is 13.2 Å². The van der Waals surface area contributed by atoms with Gasteiger partial charge in [-0.05, 0) is 26.8 Å². The largest absolute Gasteiger partial charge is 0.404 e. The van der Waals surface area contributed by atoms with Crippen LogP contribution in [0.2, 0.25) is 0 Å². The van der Waals surface area contributed by atoms with E-state index < -0.39 is 4.92 Å². The van der Waals surface area contributed by atoms with Crippen molar-refractivity contribution in [1.82, 2.24) is 9.78 Å². The Kier molecular flexibility index (Phi) is 4.88. The normalized spacial score (nSPS) is 11.0. The molecule has 1 rings (SSSR count). The lowest BCUT2D eigenvalue weighted by atomic mass is 10.2. The minimum Gasteiger partial charge on any atom is -0.379 e. The molecule has 0 fully saturated rings. The molecule has 0 aliphatic rings. The second-order valence-corrected chi connectivity index (χ2v) is 4.64. The highest BCUT2D eigenvalue weighted by Gasteiger charge is 2.17. The molecule has 0 amide bonds. The maximum absolute atomic E-state index is 10.5. The average molecular weight is 292 g/mol. The molecule has 6 nitrogen and oxygen atoms in total. The van der Waals surface area contributed by atoms with Gasteiger partial charge in [-0.1, -0.05) is 13.8 Å². The van der Waals surface area contributed by atoms with Gasteiger partial charge in [-0.3, -0.25) is 0 Å². The Morgan fingerprint density at radius 3 is 2.88 bits per heavy atom. The van der Waals surface area contributed by atoms with E-state index in [9.17, 15) is 10.1 Å². The molecule has 1 aromatic rings. The lowest BCUT2D eigenvalue weighted by Gasteiger charge is -2.04. The van der Waals surface area contributed by atoms with Crippen molar-refractivity contribution < 1.29 is 9.66 Å². The molecule has 0 bridgehead atoms. The van der Waals surface area contributed by atoms with E-state index in [2.05, 4.69) is 34.9 Å². The van der Waals surface area contributed by atoms with Crippen LogP contribution in [0.5, 0.6) is 0 Å². The first-order chi connectivity index (χ1) is 7.50. The van der Waals surface area contributed by atoms with Gasteiger partial charge in [-0.2, -0.15) is 4.68 Å². The molecule has 0 saturated carbocycles. The molecule has 0 radical (unpaired) electrons. The van der Waals surface area contributed by atoms with Crippen molar-refractivity contribution in [2.24, 2.45) is 5.92 Å². The topological polar surface area (TPSA) is 70.2 Å². The summed E-state index contributed by atoms with van der Waals surface area (Å²) < 4.78 is 7.26. The molecule has 0 aliphatic heterocycles. The fourth-order valence-electron chi connectivity index (χ4n) is 1.10. The third kappa shape index (κ3) is 3.90. The minimum absolute atomic E-state index is 0.163. The Morgan fingerprint density at radius 1 is 1.69 bits per heavy atom. The number of hydrogen-bond donors (Lipinski definition) is 0. The lowest BCUT2D eigenvalue weighted by molar-refractivity contribution is -0.390. The van der Waals surface area contributed by atoms with Crippen LogP contribution in [0.1, 0.15) is 13.8 Å². The van der Waals surface area contributed by atoms with Gasteiger partial charge in [0.2, 0.25) is 0 Å². The zero-order chi connectivity index (χ0) is 12.1. The quantitative estimate of drug-likeness (QED) is 0.458. The van der Waals surface area contributed by atoms with E-state index >= 15 is 0 Å². The first-order valence-electron chi connectivity index (χ1n) is 4.95. The van der Waals surface area contributed by atoms with E-state index in [1.807, 2.05) is 0 Å². The Morgan fingerprint density at radius 2 is 2.38 bits per heavy atom. The molecule has 0 atom stereocenters. The van der Waals surface area contributed by atoms with Gasteiger partial charge >= 0.3 is 5.82 Å². The minimum atomic E-state index is -0.518. The Bertz CT molecular complexity index is 365. The summed E-state index contributed by atoms with van der Waals surface area (Å²) in [7, 11) is 0. The number of ether oxygens (including phenoxy) is 1. The molecule has 0 N–H and O–H groups in total. The van der Waals surface area contributed by atoms with Gasteiger partial charge in [0, 0.05) is 6.61 Å². The number of nitrogens with zero attached hydrogens (tertiary/aromatic N) is 3.